The first kappa shape index (κ1) is 37.0. The number of phenols is 2. The largest absolute Gasteiger partial charge is 0.508 e. The van der Waals surface area contributed by atoms with Crippen LogP contribution in [-0.4, -0.2) is 101 Å². The van der Waals surface area contributed by atoms with Crippen molar-refractivity contribution in [3.8, 4) is 28.6 Å². The molecule has 2 saturated heterocycles. The Balaban J connectivity index is 0.899. The van der Waals surface area contributed by atoms with Crippen LogP contribution in [0.25, 0.3) is 17.1 Å². The molecule has 0 spiro atoms. The van der Waals surface area contributed by atoms with Gasteiger partial charge in [-0.2, -0.15) is 5.10 Å². The number of anilines is 1. The molecule has 0 radical (unpaired) electrons. The summed E-state index contributed by atoms with van der Waals surface area (Å²) in [6.45, 7) is 6.86. The second-order valence-electron chi connectivity index (χ2n) is 14.4. The topological polar surface area (TPSA) is 210 Å². The number of phenolic OH excluding ortho intramolecular Hbond substituents is 2. The minimum Gasteiger partial charge on any atom is -0.508 e. The second kappa shape index (κ2) is 15.2. The number of piperazine rings is 1. The molecule has 55 heavy (non-hydrogen) atoms. The van der Waals surface area contributed by atoms with E-state index in [2.05, 4.69) is 25.7 Å². The molecular weight excluding hydrogens is 708 g/mol. The van der Waals surface area contributed by atoms with Crippen LogP contribution in [0, 0.1) is 0 Å². The SMILES string of the molecule is CC(C)c1cc(-c2n[nH]c(=O)n2-c2ccc(CN3CCN(C(=O)CCC(=O)Nc4cccc5c4CN(C4CCC(=O)NC4=O)C5=O)CC3)cc2)c(O)cc1O. The van der Waals surface area contributed by atoms with Crippen molar-refractivity contribution in [2.45, 2.75) is 64.6 Å². The normalized spacial score (nSPS) is 17.4. The van der Waals surface area contributed by atoms with Gasteiger partial charge in [0.25, 0.3) is 5.91 Å². The Hall–Kier alpha value is -6.29. The van der Waals surface area contributed by atoms with Crippen molar-refractivity contribution in [3.05, 3.63) is 87.3 Å². The van der Waals surface area contributed by atoms with E-state index in [0.717, 1.165) is 5.56 Å². The van der Waals surface area contributed by atoms with Crippen LogP contribution in [0.1, 0.15) is 72.5 Å². The fraction of sp³-hybridized carbons (Fsp3) is 0.359. The molecule has 7 rings (SSSR count). The summed E-state index contributed by atoms with van der Waals surface area (Å²) in [6, 6.07) is 14.5. The maximum absolute atomic E-state index is 13.1. The molecule has 0 bridgehead atoms. The number of aromatic amines is 1. The van der Waals surface area contributed by atoms with Gasteiger partial charge in [0.15, 0.2) is 5.82 Å². The summed E-state index contributed by atoms with van der Waals surface area (Å²) < 4.78 is 1.37. The number of carbonyl (C=O) groups is 5. The van der Waals surface area contributed by atoms with Crippen LogP contribution in [0.5, 0.6) is 11.5 Å². The van der Waals surface area contributed by atoms with Gasteiger partial charge in [-0.3, -0.25) is 34.2 Å². The minimum absolute atomic E-state index is 0.0234. The molecule has 1 unspecified atom stereocenters. The second-order valence-corrected chi connectivity index (χ2v) is 14.4. The molecule has 16 heteroatoms. The van der Waals surface area contributed by atoms with Gasteiger partial charge in [0.1, 0.15) is 17.5 Å². The van der Waals surface area contributed by atoms with Crippen molar-refractivity contribution in [1.29, 1.82) is 0 Å². The van der Waals surface area contributed by atoms with E-state index in [4.69, 9.17) is 0 Å². The number of imide groups is 1. The number of carbonyl (C=O) groups excluding carboxylic acids is 5. The summed E-state index contributed by atoms with van der Waals surface area (Å²) in [4.78, 5) is 81.3. The van der Waals surface area contributed by atoms with E-state index in [9.17, 15) is 39.0 Å². The van der Waals surface area contributed by atoms with E-state index in [-0.39, 0.29) is 79.1 Å². The number of amides is 5. The fourth-order valence-corrected chi connectivity index (χ4v) is 7.41. The van der Waals surface area contributed by atoms with Gasteiger partial charge in [-0.05, 0) is 53.8 Å². The number of fused-ring (bicyclic) bond motifs is 1. The van der Waals surface area contributed by atoms with Crippen LogP contribution in [0.3, 0.4) is 0 Å². The minimum atomic E-state index is -0.762. The third kappa shape index (κ3) is 7.58. The van der Waals surface area contributed by atoms with Gasteiger partial charge in [-0.15, -0.1) is 0 Å². The Bertz CT molecular complexity index is 2240. The number of benzene rings is 3. The van der Waals surface area contributed by atoms with Crippen molar-refractivity contribution in [3.63, 3.8) is 0 Å². The lowest BCUT2D eigenvalue weighted by Gasteiger charge is -2.34. The van der Waals surface area contributed by atoms with Crippen LogP contribution in [0.15, 0.2) is 59.4 Å². The van der Waals surface area contributed by atoms with Crippen LogP contribution < -0.4 is 16.3 Å². The van der Waals surface area contributed by atoms with E-state index in [1.165, 1.54) is 15.5 Å². The predicted molar refractivity (Wildman–Crippen MR) is 199 cm³/mol. The monoisotopic (exact) mass is 750 g/mol. The first-order chi connectivity index (χ1) is 26.4. The van der Waals surface area contributed by atoms with Crippen molar-refractivity contribution in [1.82, 2.24) is 34.8 Å². The molecule has 16 nitrogen and oxygen atoms in total. The van der Waals surface area contributed by atoms with E-state index in [1.54, 1.807) is 41.3 Å². The molecule has 1 atom stereocenters. The molecule has 4 aromatic rings. The fourth-order valence-electron chi connectivity index (χ4n) is 7.41. The lowest BCUT2D eigenvalue weighted by molar-refractivity contribution is -0.137. The van der Waals surface area contributed by atoms with Gasteiger partial charge in [0.2, 0.25) is 23.6 Å². The van der Waals surface area contributed by atoms with Crippen molar-refractivity contribution in [2.24, 2.45) is 0 Å². The number of piperidine rings is 1. The zero-order valence-electron chi connectivity index (χ0n) is 30.5. The highest BCUT2D eigenvalue weighted by Crippen LogP contribution is 2.37. The molecule has 286 valence electrons. The Morgan fingerprint density at radius 3 is 2.38 bits per heavy atom. The third-order valence-electron chi connectivity index (χ3n) is 10.4. The first-order valence-electron chi connectivity index (χ1n) is 18.3. The molecular formula is C39H42N8O8. The van der Waals surface area contributed by atoms with Gasteiger partial charge in [0.05, 0.1) is 11.3 Å². The Morgan fingerprint density at radius 1 is 0.927 bits per heavy atom. The van der Waals surface area contributed by atoms with Gasteiger partial charge >= 0.3 is 5.69 Å². The number of rotatable bonds is 10. The number of hydrogen-bond acceptors (Lipinski definition) is 10. The van der Waals surface area contributed by atoms with Crippen LogP contribution in [0.4, 0.5) is 5.69 Å². The zero-order valence-corrected chi connectivity index (χ0v) is 30.5. The average molecular weight is 751 g/mol. The first-order valence-corrected chi connectivity index (χ1v) is 18.3. The maximum atomic E-state index is 13.1. The zero-order chi connectivity index (χ0) is 39.0. The highest BCUT2D eigenvalue weighted by molar-refractivity contribution is 6.07. The molecule has 3 aliphatic heterocycles. The summed E-state index contributed by atoms with van der Waals surface area (Å²) >= 11 is 0. The highest BCUT2D eigenvalue weighted by Gasteiger charge is 2.40. The lowest BCUT2D eigenvalue weighted by Crippen LogP contribution is -2.52. The number of hydrogen-bond donors (Lipinski definition) is 5. The summed E-state index contributed by atoms with van der Waals surface area (Å²) in [5.74, 6) is -1.73. The Kier molecular flexibility index (Phi) is 10.2. The number of nitrogens with zero attached hydrogens (tertiary/aromatic N) is 5. The Morgan fingerprint density at radius 2 is 1.67 bits per heavy atom. The molecule has 2 fully saturated rings. The molecule has 5 N–H and O–H groups in total. The number of aromatic hydroxyl groups is 2. The summed E-state index contributed by atoms with van der Waals surface area (Å²) in [7, 11) is 0. The van der Waals surface area contributed by atoms with Crippen LogP contribution in [-0.2, 0) is 32.3 Å². The lowest BCUT2D eigenvalue weighted by atomic mass is 9.98. The summed E-state index contributed by atoms with van der Waals surface area (Å²) in [5, 5.41) is 32.6. The highest BCUT2D eigenvalue weighted by atomic mass is 16.3. The van der Waals surface area contributed by atoms with E-state index in [0.29, 0.717) is 66.4 Å². The van der Waals surface area contributed by atoms with E-state index >= 15 is 0 Å². The van der Waals surface area contributed by atoms with Crippen LogP contribution >= 0.6 is 0 Å². The van der Waals surface area contributed by atoms with Gasteiger partial charge < -0.3 is 25.3 Å². The predicted octanol–water partition coefficient (Wildman–Crippen LogP) is 2.59. The van der Waals surface area contributed by atoms with Gasteiger partial charge in [-0.1, -0.05) is 32.0 Å². The molecule has 3 aromatic carbocycles. The van der Waals surface area contributed by atoms with Crippen molar-refractivity contribution < 1.29 is 34.2 Å². The number of H-pyrrole nitrogens is 1. The molecule has 1 aromatic heterocycles. The van der Waals surface area contributed by atoms with Gasteiger partial charge in [-0.25, -0.2) is 14.5 Å². The number of aromatic nitrogens is 3. The van der Waals surface area contributed by atoms with Crippen molar-refractivity contribution in [2.75, 3.05) is 31.5 Å². The quantitative estimate of drug-likeness (QED) is 0.150. The maximum Gasteiger partial charge on any atom is 0.348 e. The molecule has 0 saturated carbocycles. The van der Waals surface area contributed by atoms with E-state index < -0.39 is 17.6 Å². The summed E-state index contributed by atoms with van der Waals surface area (Å²) in [5.41, 5.74) is 3.45. The smallest absolute Gasteiger partial charge is 0.348 e. The molecule has 5 amide bonds. The van der Waals surface area contributed by atoms with Crippen molar-refractivity contribution >= 4 is 35.2 Å². The van der Waals surface area contributed by atoms with Crippen LogP contribution in [0.2, 0.25) is 0 Å². The molecule has 0 aliphatic carbocycles. The Labute approximate surface area is 315 Å². The molecule has 3 aliphatic rings. The standard InChI is InChI=1S/C39H42N8O8/c1-22(2)26-18-27(32(49)19-31(26)48)36-42-43-39(55)47(36)24-8-6-23(7-9-24)20-44-14-16-45(17-15-44)35(52)13-12-33(50)40-29-5-3-4-25-28(29)21-46(38(25)54)30-10-11-34(51)41-37(30)53/h3-9,18-19,22,30,48-49H,10-17,20-21H2,1-2H3,(H,40,50)(H,43,55)(H,41,51,53). The average Bonchev–Trinajstić information content (AvgIpc) is 3.70. The number of nitrogens with one attached hydrogen (secondary N) is 3. The molecule has 4 heterocycles. The van der Waals surface area contributed by atoms with E-state index in [1.807, 2.05) is 26.0 Å². The van der Waals surface area contributed by atoms with Gasteiger partial charge in [0, 0.05) is 81.4 Å². The summed E-state index contributed by atoms with van der Waals surface area (Å²) in [6.07, 6.45) is 0.378. The third-order valence-corrected chi connectivity index (χ3v) is 10.4.